The molecule has 4 aromatic heterocycles. The molecule has 0 saturated heterocycles. The van der Waals surface area contributed by atoms with E-state index in [-0.39, 0.29) is 5.41 Å². The Morgan fingerprint density at radius 1 is 0.369 bits per heavy atom. The van der Waals surface area contributed by atoms with Crippen molar-refractivity contribution in [1.29, 1.82) is 0 Å². The van der Waals surface area contributed by atoms with Crippen LogP contribution in [-0.2, 0) is 5.41 Å². The highest BCUT2D eigenvalue weighted by molar-refractivity contribution is 6.37. The lowest BCUT2D eigenvalue weighted by Gasteiger charge is -2.22. The monoisotopic (exact) mass is 827 g/mol. The molecular weight excluding hydrogens is 791 g/mol. The molecule has 1 aliphatic carbocycles. The fourth-order valence-electron chi connectivity index (χ4n) is 11.6. The minimum absolute atomic E-state index is 0.217. The molecular formula is C60H37N5. The summed E-state index contributed by atoms with van der Waals surface area (Å²) in [5.74, 6) is 1.87. The molecule has 15 rings (SSSR count). The van der Waals surface area contributed by atoms with E-state index >= 15 is 0 Å². The lowest BCUT2D eigenvalue weighted by atomic mass is 9.81. The van der Waals surface area contributed by atoms with Crippen LogP contribution < -0.4 is 0 Å². The number of rotatable bonds is 4. The first-order chi connectivity index (χ1) is 32.0. The van der Waals surface area contributed by atoms with Crippen LogP contribution in [-0.4, -0.2) is 23.9 Å². The summed E-state index contributed by atoms with van der Waals surface area (Å²) in [6.07, 6.45) is 0. The van der Waals surface area contributed by atoms with Gasteiger partial charge in [0.15, 0.2) is 11.6 Å². The zero-order chi connectivity index (χ0) is 42.7. The second kappa shape index (κ2) is 12.4. The lowest BCUT2D eigenvalue weighted by molar-refractivity contribution is 0.661. The number of fused-ring (bicyclic) bond motifs is 8. The highest BCUT2D eigenvalue weighted by Crippen LogP contribution is 2.51. The van der Waals surface area contributed by atoms with Crippen LogP contribution in [0.3, 0.4) is 0 Å². The first-order valence-electron chi connectivity index (χ1n) is 22.4. The second-order valence-corrected chi connectivity index (χ2v) is 18.4. The Morgan fingerprint density at radius 3 is 1.78 bits per heavy atom. The average molecular weight is 828 g/mol. The summed E-state index contributed by atoms with van der Waals surface area (Å²) in [5, 5.41) is 12.4. The van der Waals surface area contributed by atoms with Crippen molar-refractivity contribution in [2.24, 2.45) is 0 Å². The fraction of sp³-hybridized carbons (Fsp3) is 0.0500. The van der Waals surface area contributed by atoms with Crippen molar-refractivity contribution >= 4 is 81.4 Å². The SMILES string of the molecule is CC1(C)c2cc(-c3nc(-c4ccc(-c5ccccc5)cc4)nc(-n4c5ccc6cccc7c6c5c5c6c(ccc8c9ccccc9n7c86)ccc54)n3)ccc2-c2cc3ccccc3cc21. The largest absolute Gasteiger partial charge is 0.308 e. The van der Waals surface area contributed by atoms with Crippen molar-refractivity contribution in [3.63, 3.8) is 0 Å². The van der Waals surface area contributed by atoms with Gasteiger partial charge in [-0.3, -0.25) is 4.57 Å². The Hall–Kier alpha value is -8.41. The number of hydrogen-bond acceptors (Lipinski definition) is 3. The molecule has 0 atom stereocenters. The summed E-state index contributed by atoms with van der Waals surface area (Å²) in [5.41, 5.74) is 15.0. The Bertz CT molecular complexity index is 4310. The molecule has 0 fully saturated rings. The zero-order valence-corrected chi connectivity index (χ0v) is 35.6. The number of nitrogens with zero attached hydrogens (tertiary/aromatic N) is 5. The molecule has 5 nitrogen and oxygen atoms in total. The number of benzene rings is 10. The van der Waals surface area contributed by atoms with Crippen molar-refractivity contribution in [2.45, 2.75) is 19.3 Å². The van der Waals surface area contributed by atoms with E-state index < -0.39 is 0 Å². The van der Waals surface area contributed by atoms with Crippen molar-refractivity contribution in [1.82, 2.24) is 23.9 Å². The molecule has 0 unspecified atom stereocenters. The molecule has 0 spiro atoms. The van der Waals surface area contributed by atoms with Crippen LogP contribution in [0.25, 0.3) is 132 Å². The van der Waals surface area contributed by atoms with Gasteiger partial charge in [0, 0.05) is 48.9 Å². The molecule has 65 heavy (non-hydrogen) atoms. The first kappa shape index (κ1) is 35.1. The van der Waals surface area contributed by atoms with E-state index in [4.69, 9.17) is 15.0 Å². The summed E-state index contributed by atoms with van der Waals surface area (Å²) in [6, 6.07) is 68.6. The van der Waals surface area contributed by atoms with Crippen molar-refractivity contribution < 1.29 is 0 Å². The topological polar surface area (TPSA) is 48.0 Å². The molecule has 0 amide bonds. The predicted octanol–water partition coefficient (Wildman–Crippen LogP) is 15.2. The van der Waals surface area contributed by atoms with Gasteiger partial charge in [-0.2, -0.15) is 9.97 Å². The van der Waals surface area contributed by atoms with E-state index in [2.05, 4.69) is 211 Å². The standard InChI is InChI=1S/C60H37N5/c1-60(2)46-33-41(24-27-42(46)45-31-39-13-6-7-14-40(39)32-47(45)60)58-61-57(38-21-19-35(20-22-38)34-11-4-3-5-12-34)62-59(63-58)65-50-29-25-36-15-10-18-49-52(36)54(50)55-51(65)30-26-37-23-28-44-43-16-8-9-17-48(43)64(49)56(44)53(37)55/h3-33H,1-2H3. The Balaban J connectivity index is 1.02. The first-order valence-corrected chi connectivity index (χ1v) is 22.4. The van der Waals surface area contributed by atoms with Crippen LogP contribution in [0.5, 0.6) is 0 Å². The van der Waals surface area contributed by atoms with E-state index in [1.54, 1.807) is 0 Å². The van der Waals surface area contributed by atoms with Gasteiger partial charge in [0.25, 0.3) is 0 Å². The third-order valence-electron chi connectivity index (χ3n) is 14.6. The van der Waals surface area contributed by atoms with Gasteiger partial charge < -0.3 is 4.40 Å². The number of para-hydroxylation sites is 1. The van der Waals surface area contributed by atoms with E-state index in [0.717, 1.165) is 27.7 Å². The Kier molecular flexibility index (Phi) is 6.69. The molecule has 0 aliphatic heterocycles. The maximum Gasteiger partial charge on any atom is 0.238 e. The quantitative estimate of drug-likeness (QED) is 0.178. The normalized spacial score (nSPS) is 13.5. The summed E-state index contributed by atoms with van der Waals surface area (Å²) < 4.78 is 4.80. The molecule has 0 radical (unpaired) electrons. The molecule has 0 bridgehead atoms. The van der Waals surface area contributed by atoms with Gasteiger partial charge in [-0.05, 0) is 97.4 Å². The van der Waals surface area contributed by atoms with Crippen LogP contribution in [0.1, 0.15) is 25.0 Å². The summed E-state index contributed by atoms with van der Waals surface area (Å²) in [4.78, 5) is 16.3. The second-order valence-electron chi connectivity index (χ2n) is 18.4. The van der Waals surface area contributed by atoms with Crippen molar-refractivity contribution in [3.8, 4) is 51.0 Å². The molecule has 0 N–H and O–H groups in total. The summed E-state index contributed by atoms with van der Waals surface area (Å²) >= 11 is 0. The van der Waals surface area contributed by atoms with Gasteiger partial charge in [0.1, 0.15) is 0 Å². The molecule has 302 valence electrons. The zero-order valence-electron chi connectivity index (χ0n) is 35.6. The van der Waals surface area contributed by atoms with Gasteiger partial charge in [-0.1, -0.05) is 159 Å². The maximum atomic E-state index is 5.51. The number of hydrogen-bond donors (Lipinski definition) is 0. The molecule has 4 heterocycles. The minimum Gasteiger partial charge on any atom is -0.308 e. The third kappa shape index (κ3) is 4.64. The molecule has 5 heteroatoms. The minimum atomic E-state index is -0.217. The van der Waals surface area contributed by atoms with Crippen LogP contribution in [0.4, 0.5) is 0 Å². The highest BCUT2D eigenvalue weighted by atomic mass is 15.2. The third-order valence-corrected chi connectivity index (χ3v) is 14.6. The van der Waals surface area contributed by atoms with Crippen LogP contribution >= 0.6 is 0 Å². The predicted molar refractivity (Wildman–Crippen MR) is 269 cm³/mol. The highest BCUT2D eigenvalue weighted by Gasteiger charge is 2.36. The van der Waals surface area contributed by atoms with Gasteiger partial charge >= 0.3 is 0 Å². The molecule has 10 aromatic carbocycles. The Labute approximate surface area is 373 Å². The van der Waals surface area contributed by atoms with Gasteiger partial charge in [-0.15, -0.1) is 0 Å². The average Bonchev–Trinajstić information content (AvgIpc) is 3.92. The molecule has 0 saturated carbocycles. The number of aromatic nitrogens is 5. The van der Waals surface area contributed by atoms with Gasteiger partial charge in [-0.25, -0.2) is 4.98 Å². The van der Waals surface area contributed by atoms with E-state index in [9.17, 15) is 0 Å². The van der Waals surface area contributed by atoms with Gasteiger partial charge in [0.05, 0.1) is 27.6 Å². The molecule has 14 aromatic rings. The van der Waals surface area contributed by atoms with Crippen molar-refractivity contribution in [2.75, 3.05) is 0 Å². The van der Waals surface area contributed by atoms with E-state index in [1.165, 1.54) is 98.2 Å². The van der Waals surface area contributed by atoms with Gasteiger partial charge in [0.2, 0.25) is 5.95 Å². The van der Waals surface area contributed by atoms with Crippen LogP contribution in [0, 0.1) is 0 Å². The van der Waals surface area contributed by atoms with E-state index in [1.807, 2.05) is 0 Å². The lowest BCUT2D eigenvalue weighted by Crippen LogP contribution is -2.15. The fourth-order valence-corrected chi connectivity index (χ4v) is 11.6. The summed E-state index contributed by atoms with van der Waals surface area (Å²) in [7, 11) is 0. The van der Waals surface area contributed by atoms with Crippen LogP contribution in [0.2, 0.25) is 0 Å². The maximum absolute atomic E-state index is 5.51. The van der Waals surface area contributed by atoms with Crippen molar-refractivity contribution in [3.05, 3.63) is 199 Å². The Morgan fingerprint density at radius 2 is 0.969 bits per heavy atom. The molecule has 1 aliphatic rings. The smallest absolute Gasteiger partial charge is 0.238 e. The van der Waals surface area contributed by atoms with Crippen LogP contribution in [0.15, 0.2) is 188 Å². The van der Waals surface area contributed by atoms with E-state index in [0.29, 0.717) is 17.6 Å². The summed E-state index contributed by atoms with van der Waals surface area (Å²) in [6.45, 7) is 4.69.